The van der Waals surface area contributed by atoms with E-state index in [0.29, 0.717) is 18.7 Å². The number of carbonyl (C=O) groups is 1. The first-order valence-electron chi connectivity index (χ1n) is 10.4. The Morgan fingerprint density at radius 1 is 1.13 bits per heavy atom. The van der Waals surface area contributed by atoms with Crippen molar-refractivity contribution in [1.82, 2.24) is 9.62 Å². The molecule has 1 aliphatic heterocycles. The first-order valence-corrected chi connectivity index (χ1v) is 11.8. The Hall–Kier alpha value is -2.22. The van der Waals surface area contributed by atoms with E-state index in [4.69, 9.17) is 0 Å². The Balaban J connectivity index is 1.47. The maximum Gasteiger partial charge on any atom is 0.240 e. The molecule has 6 nitrogen and oxygen atoms in total. The summed E-state index contributed by atoms with van der Waals surface area (Å²) in [6, 6.07) is 14.8. The highest BCUT2D eigenvalue weighted by atomic mass is 32.2. The monoisotopic (exact) mass is 430 g/mol. The van der Waals surface area contributed by atoms with Gasteiger partial charge in [0.15, 0.2) is 0 Å². The van der Waals surface area contributed by atoms with E-state index in [1.807, 2.05) is 43.3 Å². The normalized spacial score (nSPS) is 16.4. The van der Waals surface area contributed by atoms with E-state index < -0.39 is 16.1 Å². The van der Waals surface area contributed by atoms with Crippen LogP contribution in [0.25, 0.3) is 0 Å². The van der Waals surface area contributed by atoms with E-state index in [9.17, 15) is 18.3 Å². The molecule has 1 unspecified atom stereocenters. The van der Waals surface area contributed by atoms with Gasteiger partial charge in [0, 0.05) is 26.1 Å². The number of sulfonamides is 1. The van der Waals surface area contributed by atoms with Crippen LogP contribution in [0.5, 0.6) is 0 Å². The van der Waals surface area contributed by atoms with Crippen LogP contribution >= 0.6 is 0 Å². The fraction of sp³-hybridized carbons (Fsp3) is 0.435. The number of aryl methyl sites for hydroxylation is 2. The number of benzene rings is 2. The molecule has 1 heterocycles. The maximum atomic E-state index is 12.5. The molecule has 162 valence electrons. The topological polar surface area (TPSA) is 86.7 Å². The Bertz CT molecular complexity index is 968. The average Bonchev–Trinajstić information content (AvgIpc) is 2.73. The van der Waals surface area contributed by atoms with Crippen LogP contribution in [0.3, 0.4) is 0 Å². The third-order valence-corrected chi connectivity index (χ3v) is 7.35. The summed E-state index contributed by atoms with van der Waals surface area (Å²) in [5.74, 6) is 0.0606. The van der Waals surface area contributed by atoms with E-state index >= 15 is 0 Å². The molecule has 0 spiro atoms. The number of likely N-dealkylation sites (tertiary alicyclic amines) is 1. The number of piperidine rings is 1. The Labute approximate surface area is 179 Å². The summed E-state index contributed by atoms with van der Waals surface area (Å²) in [7, 11) is -3.64. The molecule has 2 N–H and O–H groups in total. The van der Waals surface area contributed by atoms with Gasteiger partial charge in [-0.05, 0) is 49.8 Å². The van der Waals surface area contributed by atoms with Crippen molar-refractivity contribution in [1.29, 1.82) is 0 Å². The number of aliphatic hydroxyl groups excluding tert-OH is 1. The number of hydrogen-bond donors (Lipinski definition) is 2. The van der Waals surface area contributed by atoms with Crippen molar-refractivity contribution in [2.45, 2.75) is 44.1 Å². The second-order valence-corrected chi connectivity index (χ2v) is 9.73. The average molecular weight is 431 g/mol. The Morgan fingerprint density at radius 2 is 1.80 bits per heavy atom. The fourth-order valence-electron chi connectivity index (χ4n) is 4.02. The fourth-order valence-corrected chi connectivity index (χ4v) is 5.27. The van der Waals surface area contributed by atoms with Gasteiger partial charge in [0.1, 0.15) is 0 Å². The minimum absolute atomic E-state index is 0.0639. The van der Waals surface area contributed by atoms with Gasteiger partial charge in [-0.25, -0.2) is 13.1 Å². The molecule has 7 heteroatoms. The quantitative estimate of drug-likeness (QED) is 0.707. The van der Waals surface area contributed by atoms with Crippen molar-refractivity contribution in [2.24, 2.45) is 5.92 Å². The van der Waals surface area contributed by atoms with Crippen LogP contribution in [-0.2, 0) is 14.8 Å². The van der Waals surface area contributed by atoms with Crippen LogP contribution in [0, 0.1) is 19.8 Å². The van der Waals surface area contributed by atoms with E-state index in [1.165, 1.54) is 0 Å². The highest BCUT2D eigenvalue weighted by Crippen LogP contribution is 2.30. The largest absolute Gasteiger partial charge is 0.388 e. The summed E-state index contributed by atoms with van der Waals surface area (Å²) in [6.07, 6.45) is 1.07. The summed E-state index contributed by atoms with van der Waals surface area (Å²) in [5.41, 5.74) is 2.60. The van der Waals surface area contributed by atoms with Gasteiger partial charge in [-0.1, -0.05) is 48.0 Å². The summed E-state index contributed by atoms with van der Waals surface area (Å²) >= 11 is 0. The molecule has 1 aliphatic rings. The number of amides is 1. The number of carbonyl (C=O) groups excluding carboxylic acids is 1. The Morgan fingerprint density at radius 3 is 2.43 bits per heavy atom. The zero-order valence-electron chi connectivity index (χ0n) is 17.5. The van der Waals surface area contributed by atoms with Crippen molar-refractivity contribution in [3.63, 3.8) is 0 Å². The van der Waals surface area contributed by atoms with Crippen LogP contribution in [0.4, 0.5) is 0 Å². The van der Waals surface area contributed by atoms with Crippen LogP contribution < -0.4 is 4.72 Å². The molecule has 2 aromatic carbocycles. The highest BCUT2D eigenvalue weighted by Gasteiger charge is 2.28. The number of aliphatic hydroxyl groups is 1. The van der Waals surface area contributed by atoms with Crippen LogP contribution in [-0.4, -0.2) is 44.0 Å². The number of hydrogen-bond acceptors (Lipinski definition) is 4. The lowest BCUT2D eigenvalue weighted by Gasteiger charge is -2.34. The molecule has 0 radical (unpaired) electrons. The van der Waals surface area contributed by atoms with Crippen LogP contribution in [0.2, 0.25) is 0 Å². The second kappa shape index (κ2) is 9.73. The van der Waals surface area contributed by atoms with Crippen LogP contribution in [0.1, 0.15) is 42.1 Å². The molecule has 1 amide bonds. The minimum atomic E-state index is -3.64. The van der Waals surface area contributed by atoms with Gasteiger partial charge < -0.3 is 10.0 Å². The van der Waals surface area contributed by atoms with E-state index in [0.717, 1.165) is 24.0 Å². The van der Waals surface area contributed by atoms with Crippen molar-refractivity contribution >= 4 is 15.9 Å². The summed E-state index contributed by atoms with van der Waals surface area (Å²) in [4.78, 5) is 14.5. The molecule has 0 saturated carbocycles. The number of nitrogens with one attached hydrogen (secondary N) is 1. The van der Waals surface area contributed by atoms with E-state index in [-0.39, 0.29) is 29.7 Å². The summed E-state index contributed by atoms with van der Waals surface area (Å²) in [5, 5.41) is 10.6. The van der Waals surface area contributed by atoms with Gasteiger partial charge >= 0.3 is 0 Å². The maximum absolute atomic E-state index is 12.5. The van der Waals surface area contributed by atoms with E-state index in [2.05, 4.69) is 4.72 Å². The van der Waals surface area contributed by atoms with Gasteiger partial charge in [-0.3, -0.25) is 4.79 Å². The molecule has 1 saturated heterocycles. The Kier molecular flexibility index (Phi) is 7.28. The van der Waals surface area contributed by atoms with Gasteiger partial charge in [0.25, 0.3) is 0 Å². The summed E-state index contributed by atoms with van der Waals surface area (Å²) in [6.45, 7) is 4.91. The van der Waals surface area contributed by atoms with Crippen LogP contribution in [0.15, 0.2) is 53.4 Å². The molecule has 3 rings (SSSR count). The highest BCUT2D eigenvalue weighted by molar-refractivity contribution is 7.89. The van der Waals surface area contributed by atoms with Crippen molar-refractivity contribution in [3.05, 3.63) is 65.2 Å². The standard InChI is InChI=1S/C23H30N2O4S/c1-17-8-9-21(18(2)16-17)30(28,29)24-13-10-22(26)25-14-11-20(12-15-25)23(27)19-6-4-3-5-7-19/h3-9,16,20,23-24,27H,10-15H2,1-2H3. The molecular formula is C23H30N2O4S. The van der Waals surface area contributed by atoms with Gasteiger partial charge in [0.05, 0.1) is 11.0 Å². The lowest BCUT2D eigenvalue weighted by Crippen LogP contribution is -2.41. The summed E-state index contributed by atoms with van der Waals surface area (Å²) < 4.78 is 27.6. The molecule has 0 aliphatic carbocycles. The van der Waals surface area contributed by atoms with Crippen molar-refractivity contribution in [2.75, 3.05) is 19.6 Å². The molecule has 1 fully saturated rings. The molecule has 2 aromatic rings. The third-order valence-electron chi connectivity index (χ3n) is 5.73. The second-order valence-electron chi connectivity index (χ2n) is 7.99. The van der Waals surface area contributed by atoms with Gasteiger partial charge in [-0.2, -0.15) is 0 Å². The van der Waals surface area contributed by atoms with Gasteiger partial charge in [0.2, 0.25) is 15.9 Å². The van der Waals surface area contributed by atoms with Gasteiger partial charge in [-0.15, -0.1) is 0 Å². The predicted octanol–water partition coefficient (Wildman–Crippen LogP) is 2.94. The first-order chi connectivity index (χ1) is 14.3. The number of rotatable bonds is 7. The SMILES string of the molecule is Cc1ccc(S(=O)(=O)NCCC(=O)N2CCC(C(O)c3ccccc3)CC2)c(C)c1. The lowest BCUT2D eigenvalue weighted by atomic mass is 9.87. The zero-order chi connectivity index (χ0) is 21.7. The molecule has 30 heavy (non-hydrogen) atoms. The smallest absolute Gasteiger partial charge is 0.240 e. The number of nitrogens with zero attached hydrogens (tertiary/aromatic N) is 1. The molecular weight excluding hydrogens is 400 g/mol. The van der Waals surface area contributed by atoms with Crippen molar-refractivity contribution in [3.8, 4) is 0 Å². The van der Waals surface area contributed by atoms with E-state index in [1.54, 1.807) is 24.0 Å². The van der Waals surface area contributed by atoms with Crippen molar-refractivity contribution < 1.29 is 18.3 Å². The third kappa shape index (κ3) is 5.47. The molecule has 1 atom stereocenters. The lowest BCUT2D eigenvalue weighted by molar-refractivity contribution is -0.133. The predicted molar refractivity (Wildman–Crippen MR) is 116 cm³/mol. The first kappa shape index (κ1) is 22.5. The zero-order valence-corrected chi connectivity index (χ0v) is 18.4. The molecule has 0 aromatic heterocycles. The molecule has 0 bridgehead atoms. The minimum Gasteiger partial charge on any atom is -0.388 e.